The van der Waals surface area contributed by atoms with Crippen molar-refractivity contribution in [2.24, 2.45) is 0 Å². The van der Waals surface area contributed by atoms with E-state index in [4.69, 9.17) is 9.97 Å². The Bertz CT molecular complexity index is 1390. The fourth-order valence-electron chi connectivity index (χ4n) is 3.51. The van der Waals surface area contributed by atoms with Gasteiger partial charge in [-0.05, 0) is 54.6 Å². The van der Waals surface area contributed by atoms with Gasteiger partial charge >= 0.3 is 0 Å². The van der Waals surface area contributed by atoms with Crippen molar-refractivity contribution in [3.8, 4) is 22.8 Å². The van der Waals surface area contributed by atoms with Gasteiger partial charge in [0.15, 0.2) is 0 Å². The molecule has 0 aliphatic rings. The molecule has 0 N–H and O–H groups in total. The summed E-state index contributed by atoms with van der Waals surface area (Å²) < 4.78 is 0. The van der Waals surface area contributed by atoms with Crippen LogP contribution in [0.15, 0.2) is 97.3 Å². The Morgan fingerprint density at radius 1 is 0.688 bits per heavy atom. The van der Waals surface area contributed by atoms with Gasteiger partial charge in [-0.2, -0.15) is 0 Å². The molecular weight excluding hydrogens is 398 g/mol. The first kappa shape index (κ1) is 19.5. The number of rotatable bonds is 4. The first-order valence-corrected chi connectivity index (χ1v) is 10.2. The number of fused-ring (bicyclic) bond motifs is 1. The van der Waals surface area contributed by atoms with Crippen LogP contribution in [-0.2, 0) is 0 Å². The average Bonchev–Trinajstić information content (AvgIpc) is 2.88. The van der Waals surface area contributed by atoms with Crippen LogP contribution in [0, 0.1) is 0 Å². The third-order valence-corrected chi connectivity index (χ3v) is 5.17. The maximum atomic E-state index is 13.1. The highest BCUT2D eigenvalue weighted by Crippen LogP contribution is 2.29. The molecule has 5 aromatic rings. The Morgan fingerprint density at radius 3 is 1.88 bits per heavy atom. The fraction of sp³-hybridized carbons (Fsp3) is 0.0385. The molecule has 3 heterocycles. The second-order valence-electron chi connectivity index (χ2n) is 7.25. The second-order valence-corrected chi connectivity index (χ2v) is 7.25. The van der Waals surface area contributed by atoms with Crippen molar-refractivity contribution >= 4 is 22.6 Å². The zero-order valence-corrected chi connectivity index (χ0v) is 17.4. The minimum atomic E-state index is -0.118. The molecule has 0 saturated carbocycles. The number of benzene rings is 2. The molecule has 3 aromatic heterocycles. The minimum absolute atomic E-state index is 0.118. The Kier molecular flexibility index (Phi) is 5.09. The lowest BCUT2D eigenvalue weighted by Crippen LogP contribution is -2.26. The zero-order chi connectivity index (χ0) is 21.9. The molecular formula is C26H19N5O. The summed E-state index contributed by atoms with van der Waals surface area (Å²) in [6, 6.07) is 26.2. The molecule has 0 fully saturated rings. The largest absolute Gasteiger partial charge is 0.311 e. The van der Waals surface area contributed by atoms with E-state index < -0.39 is 0 Å². The number of para-hydroxylation sites is 1. The van der Waals surface area contributed by atoms with E-state index in [9.17, 15) is 4.79 Å². The summed E-state index contributed by atoms with van der Waals surface area (Å²) in [6.45, 7) is 0. The standard InChI is InChI=1S/C26H19N5O/c1-31(19-9-3-2-4-10-19)26(32)18-13-14-20-23(17-18)30-25(22-12-6-8-16-28-22)24(29-20)21-11-5-7-15-27-21/h2-17H,1H3. The number of hydrogen-bond acceptors (Lipinski definition) is 5. The number of pyridine rings is 2. The predicted molar refractivity (Wildman–Crippen MR) is 125 cm³/mol. The number of amides is 1. The minimum Gasteiger partial charge on any atom is -0.311 e. The number of nitrogens with zero attached hydrogens (tertiary/aromatic N) is 5. The van der Waals surface area contributed by atoms with E-state index in [2.05, 4.69) is 9.97 Å². The SMILES string of the molecule is CN(C(=O)c1ccc2nc(-c3ccccn3)c(-c3ccccn3)nc2c1)c1ccccc1. The van der Waals surface area contributed by atoms with Gasteiger partial charge < -0.3 is 4.90 Å². The van der Waals surface area contributed by atoms with Gasteiger partial charge in [-0.15, -0.1) is 0 Å². The lowest BCUT2D eigenvalue weighted by Gasteiger charge is -2.17. The van der Waals surface area contributed by atoms with E-state index in [0.717, 1.165) is 5.69 Å². The molecule has 32 heavy (non-hydrogen) atoms. The second kappa shape index (κ2) is 8.35. The van der Waals surface area contributed by atoms with Crippen LogP contribution in [0.5, 0.6) is 0 Å². The van der Waals surface area contributed by atoms with Crippen molar-refractivity contribution in [1.29, 1.82) is 0 Å². The molecule has 0 saturated heterocycles. The molecule has 0 unspecified atom stereocenters. The summed E-state index contributed by atoms with van der Waals surface area (Å²) in [6.07, 6.45) is 3.45. The van der Waals surface area contributed by atoms with Crippen molar-refractivity contribution in [3.05, 3.63) is 103 Å². The summed E-state index contributed by atoms with van der Waals surface area (Å²) >= 11 is 0. The lowest BCUT2D eigenvalue weighted by molar-refractivity contribution is 0.0993. The van der Waals surface area contributed by atoms with Crippen molar-refractivity contribution in [2.75, 3.05) is 11.9 Å². The number of anilines is 1. The van der Waals surface area contributed by atoms with Crippen LogP contribution in [0.25, 0.3) is 33.8 Å². The zero-order valence-electron chi connectivity index (χ0n) is 17.4. The van der Waals surface area contributed by atoms with E-state index in [0.29, 0.717) is 39.4 Å². The van der Waals surface area contributed by atoms with Gasteiger partial charge in [0.1, 0.15) is 11.4 Å². The van der Waals surface area contributed by atoms with Gasteiger partial charge in [-0.1, -0.05) is 30.3 Å². The van der Waals surface area contributed by atoms with Crippen LogP contribution in [0.1, 0.15) is 10.4 Å². The molecule has 0 aliphatic heterocycles. The summed E-state index contributed by atoms with van der Waals surface area (Å²) in [7, 11) is 1.76. The van der Waals surface area contributed by atoms with Crippen molar-refractivity contribution < 1.29 is 4.79 Å². The van der Waals surface area contributed by atoms with Gasteiger partial charge in [-0.3, -0.25) is 14.8 Å². The van der Waals surface area contributed by atoms with Gasteiger partial charge in [0.05, 0.1) is 22.4 Å². The number of aromatic nitrogens is 4. The average molecular weight is 417 g/mol. The van der Waals surface area contributed by atoms with Crippen molar-refractivity contribution in [3.63, 3.8) is 0 Å². The van der Waals surface area contributed by atoms with Gasteiger partial charge in [0.25, 0.3) is 5.91 Å². The third-order valence-electron chi connectivity index (χ3n) is 5.17. The lowest BCUT2D eigenvalue weighted by atomic mass is 10.1. The molecule has 6 nitrogen and oxygen atoms in total. The summed E-state index contributed by atoms with van der Waals surface area (Å²) in [5.74, 6) is -0.118. The van der Waals surface area contributed by atoms with E-state index in [1.54, 1.807) is 36.5 Å². The van der Waals surface area contributed by atoms with Gasteiger partial charge in [-0.25, -0.2) is 9.97 Å². The molecule has 1 amide bonds. The normalized spacial score (nSPS) is 10.8. The van der Waals surface area contributed by atoms with Crippen molar-refractivity contribution in [2.45, 2.75) is 0 Å². The predicted octanol–water partition coefficient (Wildman–Crippen LogP) is 5.03. The fourth-order valence-corrected chi connectivity index (χ4v) is 3.51. The van der Waals surface area contributed by atoms with Gasteiger partial charge in [0, 0.05) is 30.7 Å². The number of carbonyl (C=O) groups is 1. The number of carbonyl (C=O) groups excluding carboxylic acids is 1. The first-order valence-electron chi connectivity index (χ1n) is 10.2. The molecule has 2 aromatic carbocycles. The molecule has 5 rings (SSSR count). The van der Waals surface area contributed by atoms with E-state index in [-0.39, 0.29) is 5.91 Å². The monoisotopic (exact) mass is 417 g/mol. The van der Waals surface area contributed by atoms with E-state index >= 15 is 0 Å². The van der Waals surface area contributed by atoms with Crippen LogP contribution in [0.2, 0.25) is 0 Å². The highest BCUT2D eigenvalue weighted by Gasteiger charge is 2.18. The maximum absolute atomic E-state index is 13.1. The topological polar surface area (TPSA) is 71.9 Å². The summed E-state index contributed by atoms with van der Waals surface area (Å²) in [5.41, 5.74) is 5.35. The molecule has 154 valence electrons. The molecule has 6 heteroatoms. The first-order chi connectivity index (χ1) is 15.7. The van der Waals surface area contributed by atoms with Crippen LogP contribution in [-0.4, -0.2) is 32.9 Å². The smallest absolute Gasteiger partial charge is 0.258 e. The third kappa shape index (κ3) is 3.70. The maximum Gasteiger partial charge on any atom is 0.258 e. The molecule has 0 radical (unpaired) electrons. The van der Waals surface area contributed by atoms with Crippen LogP contribution < -0.4 is 4.90 Å². The van der Waals surface area contributed by atoms with Crippen LogP contribution in [0.3, 0.4) is 0 Å². The number of hydrogen-bond donors (Lipinski definition) is 0. The Hall–Kier alpha value is -4.45. The van der Waals surface area contributed by atoms with Crippen LogP contribution in [0.4, 0.5) is 5.69 Å². The highest BCUT2D eigenvalue weighted by atomic mass is 16.2. The Balaban J connectivity index is 1.63. The highest BCUT2D eigenvalue weighted by molar-refractivity contribution is 6.07. The Labute approximate surface area is 185 Å². The molecule has 0 spiro atoms. The summed E-state index contributed by atoms with van der Waals surface area (Å²) in [4.78, 5) is 33.3. The molecule has 0 atom stereocenters. The van der Waals surface area contributed by atoms with E-state index in [1.165, 1.54) is 0 Å². The molecule has 0 bridgehead atoms. The van der Waals surface area contributed by atoms with Crippen molar-refractivity contribution in [1.82, 2.24) is 19.9 Å². The summed E-state index contributed by atoms with van der Waals surface area (Å²) in [5, 5.41) is 0. The molecule has 0 aliphatic carbocycles. The Morgan fingerprint density at radius 2 is 1.28 bits per heavy atom. The van der Waals surface area contributed by atoms with Crippen LogP contribution >= 0.6 is 0 Å². The van der Waals surface area contributed by atoms with Gasteiger partial charge in [0.2, 0.25) is 0 Å². The quantitative estimate of drug-likeness (QED) is 0.410. The van der Waals surface area contributed by atoms with E-state index in [1.807, 2.05) is 72.8 Å².